The molecule has 0 spiro atoms. The molecule has 0 aliphatic heterocycles. The van der Waals surface area contributed by atoms with E-state index in [1.165, 1.54) is 7.11 Å². The Bertz CT molecular complexity index is 464. The van der Waals surface area contributed by atoms with Gasteiger partial charge in [-0.2, -0.15) is 0 Å². The van der Waals surface area contributed by atoms with Crippen LogP contribution < -0.4 is 4.74 Å². The average molecular weight is 278 g/mol. The highest BCUT2D eigenvalue weighted by Gasteiger charge is 2.26. The van der Waals surface area contributed by atoms with Crippen LogP contribution in [-0.4, -0.2) is 47.7 Å². The summed E-state index contributed by atoms with van der Waals surface area (Å²) in [5.74, 6) is 0.390. The molecular formula is C15H22N2O3. The monoisotopic (exact) mass is 278 g/mol. The smallest absolute Gasteiger partial charge is 0.259 e. The number of pyridine rings is 1. The number of methoxy groups -OCH3 is 1. The molecule has 1 aromatic heterocycles. The number of aliphatic hydroxyl groups excluding tert-OH is 1. The van der Waals surface area contributed by atoms with E-state index in [2.05, 4.69) is 4.98 Å². The van der Waals surface area contributed by atoms with Crippen LogP contribution in [0.15, 0.2) is 18.3 Å². The molecule has 1 aliphatic carbocycles. The zero-order valence-electron chi connectivity index (χ0n) is 12.1. The molecule has 20 heavy (non-hydrogen) atoms. The van der Waals surface area contributed by atoms with Crippen LogP contribution in [0.5, 0.6) is 5.88 Å². The first-order valence-electron chi connectivity index (χ1n) is 7.06. The number of carbonyl (C=O) groups excluding carboxylic acids is 1. The summed E-state index contributed by atoms with van der Waals surface area (Å²) in [5, 5.41) is 10.00. The summed E-state index contributed by atoms with van der Waals surface area (Å²) in [6.45, 7) is 0.568. The molecule has 5 nitrogen and oxygen atoms in total. The fraction of sp³-hybridized carbons (Fsp3) is 0.600. The number of hydrogen-bond acceptors (Lipinski definition) is 4. The van der Waals surface area contributed by atoms with E-state index in [-0.39, 0.29) is 17.9 Å². The molecule has 1 fully saturated rings. The predicted octanol–water partition coefficient (Wildman–Crippen LogP) is 1.71. The van der Waals surface area contributed by atoms with Gasteiger partial charge in [-0.05, 0) is 25.0 Å². The highest BCUT2D eigenvalue weighted by Crippen LogP contribution is 2.25. The molecule has 2 atom stereocenters. The summed E-state index contributed by atoms with van der Waals surface area (Å²) in [5.41, 5.74) is 0.461. The molecule has 1 amide bonds. The fourth-order valence-electron chi connectivity index (χ4n) is 2.76. The molecular weight excluding hydrogens is 256 g/mol. The van der Waals surface area contributed by atoms with Crippen LogP contribution in [0.3, 0.4) is 0 Å². The van der Waals surface area contributed by atoms with Crippen LogP contribution in [0.2, 0.25) is 0 Å². The molecule has 2 unspecified atom stereocenters. The highest BCUT2D eigenvalue weighted by molar-refractivity contribution is 5.96. The Kier molecular flexibility index (Phi) is 4.95. The number of ether oxygens (including phenoxy) is 1. The summed E-state index contributed by atoms with van der Waals surface area (Å²) in [6, 6.07) is 3.43. The Morgan fingerprint density at radius 1 is 1.50 bits per heavy atom. The third kappa shape index (κ3) is 3.28. The Hall–Kier alpha value is -1.62. The zero-order chi connectivity index (χ0) is 14.5. The fourth-order valence-corrected chi connectivity index (χ4v) is 2.76. The van der Waals surface area contributed by atoms with Crippen LogP contribution in [0.25, 0.3) is 0 Å². The summed E-state index contributed by atoms with van der Waals surface area (Å²) in [7, 11) is 3.26. The normalized spacial score (nSPS) is 22.4. The standard InChI is InChI=1S/C15H22N2O3/c1-17(10-11-6-3-4-8-13(11)18)15(19)12-7-5-9-16-14(12)20-2/h5,7,9,11,13,18H,3-4,6,8,10H2,1-2H3. The number of nitrogens with zero attached hydrogens (tertiary/aromatic N) is 2. The van der Waals surface area contributed by atoms with E-state index < -0.39 is 0 Å². The second kappa shape index (κ2) is 6.70. The molecule has 0 bridgehead atoms. The lowest BCUT2D eigenvalue weighted by Crippen LogP contribution is -2.38. The molecule has 2 rings (SSSR count). The molecule has 1 aromatic rings. The minimum atomic E-state index is -0.296. The molecule has 1 heterocycles. The maximum absolute atomic E-state index is 12.4. The number of aliphatic hydroxyl groups is 1. The molecule has 1 saturated carbocycles. The lowest BCUT2D eigenvalue weighted by Gasteiger charge is -2.31. The van der Waals surface area contributed by atoms with Crippen LogP contribution in [-0.2, 0) is 0 Å². The molecule has 110 valence electrons. The minimum Gasteiger partial charge on any atom is -0.480 e. The van der Waals surface area contributed by atoms with E-state index in [0.717, 1.165) is 25.7 Å². The zero-order valence-corrected chi connectivity index (χ0v) is 12.1. The van der Waals surface area contributed by atoms with Gasteiger partial charge in [-0.3, -0.25) is 4.79 Å². The minimum absolute atomic E-state index is 0.118. The van der Waals surface area contributed by atoms with Gasteiger partial charge in [-0.1, -0.05) is 12.8 Å². The molecule has 1 N–H and O–H groups in total. The highest BCUT2D eigenvalue weighted by atomic mass is 16.5. The molecule has 1 aliphatic rings. The Morgan fingerprint density at radius 2 is 2.25 bits per heavy atom. The van der Waals surface area contributed by atoms with E-state index in [4.69, 9.17) is 4.74 Å². The quantitative estimate of drug-likeness (QED) is 0.910. The van der Waals surface area contributed by atoms with Crippen molar-refractivity contribution in [3.8, 4) is 5.88 Å². The summed E-state index contributed by atoms with van der Waals surface area (Å²) in [4.78, 5) is 18.1. The summed E-state index contributed by atoms with van der Waals surface area (Å²) in [6.07, 6.45) is 5.31. The topological polar surface area (TPSA) is 62.7 Å². The lowest BCUT2D eigenvalue weighted by molar-refractivity contribution is 0.0449. The first-order chi connectivity index (χ1) is 9.63. The van der Waals surface area contributed by atoms with E-state index in [1.807, 2.05) is 0 Å². The van der Waals surface area contributed by atoms with Crippen molar-refractivity contribution in [3.63, 3.8) is 0 Å². The number of rotatable bonds is 4. The summed E-state index contributed by atoms with van der Waals surface area (Å²) >= 11 is 0. The molecule has 0 aromatic carbocycles. The Labute approximate surface area is 119 Å². The first kappa shape index (κ1) is 14.8. The predicted molar refractivity (Wildman–Crippen MR) is 75.7 cm³/mol. The third-order valence-electron chi connectivity index (χ3n) is 3.92. The number of carbonyl (C=O) groups is 1. The molecule has 5 heteroatoms. The SMILES string of the molecule is COc1ncccc1C(=O)N(C)CC1CCCCC1O. The van der Waals surface area contributed by atoms with Crippen molar-refractivity contribution >= 4 is 5.91 Å². The van der Waals surface area contributed by atoms with Gasteiger partial charge in [0.05, 0.1) is 13.2 Å². The van der Waals surface area contributed by atoms with Gasteiger partial charge >= 0.3 is 0 Å². The van der Waals surface area contributed by atoms with Crippen molar-refractivity contribution in [2.24, 2.45) is 5.92 Å². The second-order valence-corrected chi connectivity index (χ2v) is 5.36. The van der Waals surface area contributed by atoms with Gasteiger partial charge in [0, 0.05) is 25.7 Å². The van der Waals surface area contributed by atoms with Crippen LogP contribution in [0.4, 0.5) is 0 Å². The van der Waals surface area contributed by atoms with Crippen LogP contribution >= 0.6 is 0 Å². The van der Waals surface area contributed by atoms with Gasteiger partial charge < -0.3 is 14.7 Å². The van der Waals surface area contributed by atoms with Gasteiger partial charge in [0.25, 0.3) is 5.91 Å². The van der Waals surface area contributed by atoms with E-state index in [1.54, 1.807) is 30.3 Å². The van der Waals surface area contributed by atoms with Gasteiger partial charge in [0.1, 0.15) is 5.56 Å². The van der Waals surface area contributed by atoms with Crippen molar-refractivity contribution < 1.29 is 14.6 Å². The summed E-state index contributed by atoms with van der Waals surface area (Å²) < 4.78 is 5.12. The molecule has 0 radical (unpaired) electrons. The maximum Gasteiger partial charge on any atom is 0.259 e. The number of amides is 1. The largest absolute Gasteiger partial charge is 0.480 e. The Balaban J connectivity index is 2.04. The van der Waals surface area contributed by atoms with Gasteiger partial charge in [0.15, 0.2) is 0 Å². The van der Waals surface area contributed by atoms with E-state index in [0.29, 0.717) is 18.0 Å². The average Bonchev–Trinajstić information content (AvgIpc) is 2.48. The third-order valence-corrected chi connectivity index (χ3v) is 3.92. The lowest BCUT2D eigenvalue weighted by atomic mass is 9.86. The van der Waals surface area contributed by atoms with Crippen molar-refractivity contribution in [3.05, 3.63) is 23.9 Å². The van der Waals surface area contributed by atoms with Gasteiger partial charge in [0.2, 0.25) is 5.88 Å². The van der Waals surface area contributed by atoms with Crippen molar-refractivity contribution in [2.75, 3.05) is 20.7 Å². The van der Waals surface area contributed by atoms with Crippen molar-refractivity contribution in [2.45, 2.75) is 31.8 Å². The van der Waals surface area contributed by atoms with E-state index in [9.17, 15) is 9.90 Å². The van der Waals surface area contributed by atoms with E-state index >= 15 is 0 Å². The van der Waals surface area contributed by atoms with Crippen LogP contribution in [0, 0.1) is 5.92 Å². The maximum atomic E-state index is 12.4. The number of hydrogen-bond donors (Lipinski definition) is 1. The molecule has 0 saturated heterocycles. The van der Waals surface area contributed by atoms with Crippen molar-refractivity contribution in [1.29, 1.82) is 0 Å². The number of aromatic nitrogens is 1. The first-order valence-corrected chi connectivity index (χ1v) is 7.06. The second-order valence-electron chi connectivity index (χ2n) is 5.36. The van der Waals surface area contributed by atoms with Gasteiger partial charge in [-0.25, -0.2) is 4.98 Å². The van der Waals surface area contributed by atoms with Crippen molar-refractivity contribution in [1.82, 2.24) is 9.88 Å². The Morgan fingerprint density at radius 3 is 2.95 bits per heavy atom. The van der Waals surface area contributed by atoms with Crippen LogP contribution in [0.1, 0.15) is 36.0 Å². The van der Waals surface area contributed by atoms with Gasteiger partial charge in [-0.15, -0.1) is 0 Å².